The standard InChI is InChI=1S/C25H24N4OS2/c30-18(15-28-22-9-3-1-7-20(22)21-8-2-4-10-23(21)28)16-32-25-27-26-24(29(25)17-11-12-17)14-19-6-5-13-31-19/h1-10,13,17-18,30H,11-12,14-16H2/t18-/m0/s1. The molecule has 0 unspecified atom stereocenters. The molecule has 162 valence electrons. The van der Waals surface area contributed by atoms with E-state index in [1.165, 1.54) is 28.5 Å². The second-order valence-corrected chi connectivity index (χ2v) is 10.4. The highest BCUT2D eigenvalue weighted by molar-refractivity contribution is 7.99. The largest absolute Gasteiger partial charge is 0.390 e. The number of aliphatic hydroxyl groups excluding tert-OH is 1. The van der Waals surface area contributed by atoms with Gasteiger partial charge in [0.1, 0.15) is 5.82 Å². The molecule has 1 saturated carbocycles. The van der Waals surface area contributed by atoms with E-state index in [0.29, 0.717) is 18.3 Å². The van der Waals surface area contributed by atoms with Crippen molar-refractivity contribution in [1.29, 1.82) is 0 Å². The second kappa shape index (κ2) is 8.39. The molecule has 0 aliphatic heterocycles. The van der Waals surface area contributed by atoms with E-state index in [1.807, 2.05) is 0 Å². The van der Waals surface area contributed by atoms with Gasteiger partial charge in [0.15, 0.2) is 5.16 Å². The minimum Gasteiger partial charge on any atom is -0.390 e. The van der Waals surface area contributed by atoms with Gasteiger partial charge < -0.3 is 14.2 Å². The maximum absolute atomic E-state index is 11.0. The average Bonchev–Trinajstić information content (AvgIpc) is 3.24. The van der Waals surface area contributed by atoms with Gasteiger partial charge in [-0.05, 0) is 36.4 Å². The molecule has 7 heteroatoms. The Kier molecular flexibility index (Phi) is 5.25. The molecule has 5 aromatic rings. The van der Waals surface area contributed by atoms with Crippen LogP contribution in [0.2, 0.25) is 0 Å². The van der Waals surface area contributed by atoms with Crippen molar-refractivity contribution in [2.45, 2.75) is 43.1 Å². The lowest BCUT2D eigenvalue weighted by Crippen LogP contribution is -2.18. The lowest BCUT2D eigenvalue weighted by Gasteiger charge is -2.14. The Morgan fingerprint density at radius 3 is 2.34 bits per heavy atom. The van der Waals surface area contributed by atoms with Crippen molar-refractivity contribution in [2.75, 3.05) is 5.75 Å². The fraction of sp³-hybridized carbons (Fsp3) is 0.280. The predicted octanol–water partition coefficient (Wildman–Crippen LogP) is 5.53. The van der Waals surface area contributed by atoms with Crippen LogP contribution in [0.4, 0.5) is 0 Å². The minimum atomic E-state index is -0.482. The Morgan fingerprint density at radius 2 is 1.69 bits per heavy atom. The number of rotatable bonds is 8. The van der Waals surface area contributed by atoms with Crippen LogP contribution in [0.15, 0.2) is 71.2 Å². The van der Waals surface area contributed by atoms with Crippen LogP contribution in [0.1, 0.15) is 29.6 Å². The third-order valence-corrected chi connectivity index (χ3v) is 8.00. The van der Waals surface area contributed by atoms with E-state index in [1.54, 1.807) is 23.1 Å². The van der Waals surface area contributed by atoms with Crippen LogP contribution in [0.3, 0.4) is 0 Å². The number of hydrogen-bond donors (Lipinski definition) is 1. The summed E-state index contributed by atoms with van der Waals surface area (Å²) in [7, 11) is 0. The Hall–Kier alpha value is -2.61. The topological polar surface area (TPSA) is 55.9 Å². The van der Waals surface area contributed by atoms with E-state index in [0.717, 1.165) is 28.4 Å². The van der Waals surface area contributed by atoms with E-state index in [9.17, 15) is 5.11 Å². The van der Waals surface area contributed by atoms with Crippen molar-refractivity contribution in [2.24, 2.45) is 0 Å². The van der Waals surface area contributed by atoms with Gasteiger partial charge in [0, 0.05) is 44.9 Å². The van der Waals surface area contributed by atoms with Gasteiger partial charge in [-0.25, -0.2) is 0 Å². The molecule has 2 aromatic carbocycles. The fourth-order valence-electron chi connectivity index (χ4n) is 4.43. The number of fused-ring (bicyclic) bond motifs is 3. The van der Waals surface area contributed by atoms with Crippen molar-refractivity contribution in [1.82, 2.24) is 19.3 Å². The van der Waals surface area contributed by atoms with Gasteiger partial charge >= 0.3 is 0 Å². The molecule has 0 bridgehead atoms. The van der Waals surface area contributed by atoms with E-state index in [4.69, 9.17) is 0 Å². The first-order valence-electron chi connectivity index (χ1n) is 11.0. The molecule has 1 atom stereocenters. The zero-order chi connectivity index (χ0) is 21.5. The van der Waals surface area contributed by atoms with Crippen molar-refractivity contribution in [3.8, 4) is 0 Å². The van der Waals surface area contributed by atoms with E-state index in [-0.39, 0.29) is 0 Å². The predicted molar refractivity (Wildman–Crippen MR) is 132 cm³/mol. The molecule has 3 aromatic heterocycles. The first-order valence-corrected chi connectivity index (χ1v) is 12.9. The SMILES string of the molecule is O[C@H](CSc1nnc(Cc2cccs2)n1C1CC1)Cn1c2ccccc2c2ccccc21. The number of thiophene rings is 1. The minimum absolute atomic E-state index is 0.482. The second-order valence-electron chi connectivity index (χ2n) is 8.37. The number of aromatic nitrogens is 4. The molecule has 32 heavy (non-hydrogen) atoms. The Balaban J connectivity index is 1.21. The summed E-state index contributed by atoms with van der Waals surface area (Å²) in [6, 6.07) is 21.6. The fourth-order valence-corrected chi connectivity index (χ4v) is 6.07. The van der Waals surface area contributed by atoms with Crippen LogP contribution in [0.25, 0.3) is 21.8 Å². The summed E-state index contributed by atoms with van der Waals surface area (Å²) in [5.74, 6) is 1.62. The molecule has 0 spiro atoms. The molecule has 1 N–H and O–H groups in total. The van der Waals surface area contributed by atoms with Crippen molar-refractivity contribution < 1.29 is 5.11 Å². The van der Waals surface area contributed by atoms with Crippen LogP contribution in [-0.2, 0) is 13.0 Å². The molecule has 1 aliphatic rings. The third kappa shape index (κ3) is 3.74. The summed E-state index contributed by atoms with van der Waals surface area (Å²) in [5, 5.41) is 25.5. The summed E-state index contributed by atoms with van der Waals surface area (Å²) in [6.07, 6.45) is 2.72. The molecular weight excluding hydrogens is 436 g/mol. The molecule has 5 nitrogen and oxygen atoms in total. The van der Waals surface area contributed by atoms with Crippen LogP contribution in [0.5, 0.6) is 0 Å². The van der Waals surface area contributed by atoms with Crippen molar-refractivity contribution >= 4 is 44.9 Å². The summed E-state index contributed by atoms with van der Waals surface area (Å²) in [5.41, 5.74) is 2.33. The number of hydrogen-bond acceptors (Lipinski definition) is 5. The zero-order valence-electron chi connectivity index (χ0n) is 17.6. The Morgan fingerprint density at radius 1 is 0.969 bits per heavy atom. The summed E-state index contributed by atoms with van der Waals surface area (Å²) in [6.45, 7) is 0.556. The molecule has 0 radical (unpaired) electrons. The zero-order valence-corrected chi connectivity index (χ0v) is 19.2. The van der Waals surface area contributed by atoms with Gasteiger partial charge in [0.25, 0.3) is 0 Å². The van der Waals surface area contributed by atoms with Gasteiger partial charge in [0.05, 0.1) is 12.6 Å². The monoisotopic (exact) mass is 460 g/mol. The highest BCUT2D eigenvalue weighted by Gasteiger charge is 2.30. The smallest absolute Gasteiger partial charge is 0.191 e. The third-order valence-electron chi connectivity index (χ3n) is 6.04. The van der Waals surface area contributed by atoms with Crippen LogP contribution in [0, 0.1) is 0 Å². The van der Waals surface area contributed by atoms with Crippen LogP contribution in [-0.4, -0.2) is 36.3 Å². The molecule has 3 heterocycles. The molecule has 1 fully saturated rings. The number of nitrogens with zero attached hydrogens (tertiary/aromatic N) is 4. The number of benzene rings is 2. The quantitative estimate of drug-likeness (QED) is 0.310. The van der Waals surface area contributed by atoms with Crippen LogP contribution >= 0.6 is 23.1 Å². The molecule has 0 amide bonds. The van der Waals surface area contributed by atoms with Gasteiger partial charge in [-0.1, -0.05) is 54.2 Å². The average molecular weight is 461 g/mol. The Bertz CT molecular complexity index is 1310. The van der Waals surface area contributed by atoms with Crippen molar-refractivity contribution in [3.05, 3.63) is 76.7 Å². The molecular formula is C25H24N4OS2. The molecule has 0 saturated heterocycles. The van der Waals surface area contributed by atoms with Gasteiger partial charge in [-0.15, -0.1) is 21.5 Å². The summed E-state index contributed by atoms with van der Waals surface area (Å²) >= 11 is 3.38. The normalized spacial score (nSPS) is 15.0. The number of para-hydroxylation sites is 2. The molecule has 6 rings (SSSR count). The van der Waals surface area contributed by atoms with E-state index >= 15 is 0 Å². The lowest BCUT2D eigenvalue weighted by molar-refractivity contribution is 0.181. The van der Waals surface area contributed by atoms with E-state index in [2.05, 4.69) is 85.4 Å². The summed E-state index contributed by atoms with van der Waals surface area (Å²) in [4.78, 5) is 1.31. The van der Waals surface area contributed by atoms with Gasteiger partial charge in [-0.2, -0.15) is 0 Å². The Labute approximate surface area is 194 Å². The van der Waals surface area contributed by atoms with Crippen molar-refractivity contribution in [3.63, 3.8) is 0 Å². The first-order chi connectivity index (χ1) is 15.8. The first kappa shape index (κ1) is 20.0. The van der Waals surface area contributed by atoms with E-state index < -0.39 is 6.10 Å². The molecule has 1 aliphatic carbocycles. The summed E-state index contributed by atoms with van der Waals surface area (Å²) < 4.78 is 4.54. The highest BCUT2D eigenvalue weighted by Crippen LogP contribution is 2.39. The lowest BCUT2D eigenvalue weighted by atomic mass is 10.2. The maximum atomic E-state index is 11.0. The van der Waals surface area contributed by atoms with Crippen LogP contribution < -0.4 is 0 Å². The number of aliphatic hydroxyl groups is 1. The van der Waals surface area contributed by atoms with Gasteiger partial charge in [-0.3, -0.25) is 0 Å². The van der Waals surface area contributed by atoms with Gasteiger partial charge in [0.2, 0.25) is 0 Å². The number of thioether (sulfide) groups is 1. The highest BCUT2D eigenvalue weighted by atomic mass is 32.2. The maximum Gasteiger partial charge on any atom is 0.191 e.